The zero-order valence-electron chi connectivity index (χ0n) is 18.0. The number of amides is 1. The zero-order valence-corrected chi connectivity index (χ0v) is 18.0. The fourth-order valence-electron chi connectivity index (χ4n) is 3.42. The number of nitrogens with zero attached hydrogens (tertiary/aromatic N) is 2. The standard InChI is InChI=1S/C20H24FN7O6/c1-28-11(8-24-15-14(28)17(30)27-20(22)26-15)7-23-10-4-2-9(3-5-10)16(29)25-13(19(33)34)6-12(21)18(31)32/h2-5,11-13,23H,6-8H2,1H3,(H,25,29)(H,31,32)(H,33,34)(H4,22,24,26,27,30)/t11?,12?,13-/m0/s1. The van der Waals surface area contributed by atoms with Gasteiger partial charge in [-0.1, -0.05) is 0 Å². The van der Waals surface area contributed by atoms with Crippen LogP contribution in [0.1, 0.15) is 16.8 Å². The van der Waals surface area contributed by atoms with Gasteiger partial charge in [0.25, 0.3) is 11.5 Å². The van der Waals surface area contributed by atoms with Crippen LogP contribution in [-0.2, 0) is 9.59 Å². The first-order chi connectivity index (χ1) is 16.1. The van der Waals surface area contributed by atoms with Crippen molar-refractivity contribution in [3.63, 3.8) is 0 Å². The van der Waals surface area contributed by atoms with Crippen molar-refractivity contribution in [2.24, 2.45) is 0 Å². The molecule has 2 heterocycles. The van der Waals surface area contributed by atoms with Crippen molar-refractivity contribution < 1.29 is 29.0 Å². The highest BCUT2D eigenvalue weighted by Crippen LogP contribution is 2.25. The van der Waals surface area contributed by atoms with Crippen LogP contribution < -0.4 is 32.1 Å². The molecule has 34 heavy (non-hydrogen) atoms. The van der Waals surface area contributed by atoms with Crippen molar-refractivity contribution in [2.45, 2.75) is 24.7 Å². The smallest absolute Gasteiger partial charge is 0.338 e. The van der Waals surface area contributed by atoms with E-state index in [4.69, 9.17) is 15.9 Å². The largest absolute Gasteiger partial charge is 0.480 e. The van der Waals surface area contributed by atoms with Crippen LogP contribution in [0.5, 0.6) is 0 Å². The van der Waals surface area contributed by atoms with Crippen molar-refractivity contribution in [3.8, 4) is 0 Å². The summed E-state index contributed by atoms with van der Waals surface area (Å²) in [6, 6.07) is 4.27. The van der Waals surface area contributed by atoms with Crippen LogP contribution in [0.25, 0.3) is 0 Å². The number of likely N-dealkylation sites (N-methyl/N-ethyl adjacent to an activating group) is 1. The molecule has 3 atom stereocenters. The van der Waals surface area contributed by atoms with Gasteiger partial charge in [-0.25, -0.2) is 14.0 Å². The van der Waals surface area contributed by atoms with Crippen LogP contribution >= 0.6 is 0 Å². The number of carbonyl (C=O) groups is 3. The third-order valence-electron chi connectivity index (χ3n) is 5.32. The lowest BCUT2D eigenvalue weighted by molar-refractivity contribution is -0.145. The van der Waals surface area contributed by atoms with E-state index in [0.29, 0.717) is 30.3 Å². The van der Waals surface area contributed by atoms with E-state index < -0.39 is 36.5 Å². The summed E-state index contributed by atoms with van der Waals surface area (Å²) in [4.78, 5) is 54.7. The Labute approximate surface area is 192 Å². The Kier molecular flexibility index (Phi) is 7.18. The minimum absolute atomic E-state index is 0.0198. The molecule has 0 bridgehead atoms. The monoisotopic (exact) mass is 477 g/mol. The summed E-state index contributed by atoms with van der Waals surface area (Å²) in [5, 5.41) is 26.1. The highest BCUT2D eigenvalue weighted by Gasteiger charge is 2.29. The number of nitrogens with two attached hydrogens (primary N) is 1. The molecule has 0 radical (unpaired) electrons. The molecule has 1 amide bonds. The van der Waals surface area contributed by atoms with E-state index in [1.807, 2.05) is 0 Å². The molecule has 0 fully saturated rings. The number of aromatic nitrogens is 2. The van der Waals surface area contributed by atoms with Crippen molar-refractivity contribution in [1.29, 1.82) is 0 Å². The molecule has 0 saturated heterocycles. The summed E-state index contributed by atoms with van der Waals surface area (Å²) in [5.41, 5.74) is 6.35. The van der Waals surface area contributed by atoms with Crippen LogP contribution in [0.3, 0.4) is 0 Å². The molecule has 1 aromatic carbocycles. The molecule has 14 heteroatoms. The fraction of sp³-hybridized carbons (Fsp3) is 0.350. The number of carbonyl (C=O) groups excluding carboxylic acids is 1. The molecule has 0 spiro atoms. The number of anilines is 4. The molecule has 13 nitrogen and oxygen atoms in total. The number of hydrogen-bond acceptors (Lipinski definition) is 9. The molecule has 1 aromatic heterocycles. The lowest BCUT2D eigenvalue weighted by atomic mass is 10.1. The maximum atomic E-state index is 13.4. The van der Waals surface area contributed by atoms with Gasteiger partial charge in [0.1, 0.15) is 11.7 Å². The number of benzene rings is 1. The van der Waals surface area contributed by atoms with E-state index >= 15 is 0 Å². The van der Waals surface area contributed by atoms with Crippen LogP contribution in [0.15, 0.2) is 29.1 Å². The number of hydrogen-bond donors (Lipinski definition) is 7. The lowest BCUT2D eigenvalue weighted by Crippen LogP contribution is -2.48. The SMILES string of the molecule is CN1c2c(nc(N)[nH]c2=O)NCC1CNc1ccc(C(=O)N[C@@H](CC(F)C(=O)O)C(=O)O)cc1. The van der Waals surface area contributed by atoms with Crippen molar-refractivity contribution >= 4 is 41.0 Å². The van der Waals surface area contributed by atoms with Gasteiger partial charge >= 0.3 is 11.9 Å². The first-order valence-electron chi connectivity index (χ1n) is 10.2. The molecular formula is C20H24FN7O6. The van der Waals surface area contributed by atoms with Gasteiger partial charge in [-0.05, 0) is 24.3 Å². The molecule has 0 aliphatic carbocycles. The topological polar surface area (TPSA) is 203 Å². The van der Waals surface area contributed by atoms with Crippen molar-refractivity contribution in [2.75, 3.05) is 41.4 Å². The Morgan fingerprint density at radius 2 is 1.94 bits per heavy atom. The number of carboxylic acids is 2. The summed E-state index contributed by atoms with van der Waals surface area (Å²) in [6.07, 6.45) is -3.32. The minimum Gasteiger partial charge on any atom is -0.480 e. The number of fused-ring (bicyclic) bond motifs is 1. The van der Waals surface area contributed by atoms with Crippen LogP contribution in [0.2, 0.25) is 0 Å². The number of nitrogens with one attached hydrogen (secondary N) is 4. The van der Waals surface area contributed by atoms with Gasteiger partial charge in [-0.2, -0.15) is 4.98 Å². The van der Waals surface area contributed by atoms with E-state index in [0.717, 1.165) is 0 Å². The Morgan fingerprint density at radius 1 is 1.26 bits per heavy atom. The summed E-state index contributed by atoms with van der Waals surface area (Å²) in [5.74, 6) is -3.71. The molecule has 0 saturated carbocycles. The Morgan fingerprint density at radius 3 is 2.56 bits per heavy atom. The lowest BCUT2D eigenvalue weighted by Gasteiger charge is -2.35. The number of H-pyrrole nitrogens is 1. The second-order valence-electron chi connectivity index (χ2n) is 7.66. The average molecular weight is 477 g/mol. The molecule has 2 aromatic rings. The summed E-state index contributed by atoms with van der Waals surface area (Å²) in [7, 11) is 1.76. The summed E-state index contributed by atoms with van der Waals surface area (Å²) >= 11 is 0. The van der Waals surface area contributed by atoms with Crippen LogP contribution in [0.4, 0.5) is 27.5 Å². The number of nitrogen functional groups attached to an aromatic ring is 1. The fourth-order valence-corrected chi connectivity index (χ4v) is 3.42. The molecular weight excluding hydrogens is 453 g/mol. The minimum atomic E-state index is -2.42. The number of aliphatic carboxylic acids is 2. The van der Waals surface area contributed by atoms with Gasteiger partial charge in [-0.15, -0.1) is 0 Å². The number of alkyl halides is 1. The number of halogens is 1. The van der Waals surface area contributed by atoms with Gasteiger partial charge < -0.3 is 36.8 Å². The van der Waals surface area contributed by atoms with E-state index in [9.17, 15) is 23.6 Å². The highest BCUT2D eigenvalue weighted by atomic mass is 19.1. The number of carboxylic acid groups (broad SMARTS) is 2. The quantitative estimate of drug-likeness (QED) is 0.250. The first kappa shape index (κ1) is 24.3. The van der Waals surface area contributed by atoms with E-state index in [1.165, 1.54) is 12.1 Å². The average Bonchev–Trinajstić information content (AvgIpc) is 2.77. The molecule has 1 aliphatic rings. The first-order valence-corrected chi connectivity index (χ1v) is 10.2. The molecule has 8 N–H and O–H groups in total. The van der Waals surface area contributed by atoms with Gasteiger partial charge in [0.05, 0.1) is 6.04 Å². The Bertz CT molecular complexity index is 1140. The normalized spacial score (nSPS) is 16.5. The van der Waals surface area contributed by atoms with E-state index in [1.54, 1.807) is 24.1 Å². The molecule has 182 valence electrons. The number of rotatable bonds is 9. The third-order valence-corrected chi connectivity index (χ3v) is 5.32. The van der Waals surface area contributed by atoms with Gasteiger partial charge in [0.2, 0.25) is 5.95 Å². The third kappa shape index (κ3) is 5.51. The van der Waals surface area contributed by atoms with Crippen LogP contribution in [0, 0.1) is 0 Å². The highest BCUT2D eigenvalue weighted by molar-refractivity contribution is 5.97. The second kappa shape index (κ2) is 10.1. The van der Waals surface area contributed by atoms with Crippen molar-refractivity contribution in [3.05, 3.63) is 40.2 Å². The molecule has 3 rings (SSSR count). The predicted molar refractivity (Wildman–Crippen MR) is 121 cm³/mol. The Balaban J connectivity index is 1.59. The van der Waals surface area contributed by atoms with Crippen LogP contribution in [-0.4, -0.2) is 76.4 Å². The molecule has 1 aliphatic heterocycles. The second-order valence-corrected chi connectivity index (χ2v) is 7.66. The maximum absolute atomic E-state index is 13.4. The molecule has 2 unspecified atom stereocenters. The predicted octanol–water partition coefficient (Wildman–Crippen LogP) is -0.310. The van der Waals surface area contributed by atoms with E-state index in [-0.39, 0.29) is 23.1 Å². The number of aromatic amines is 1. The van der Waals surface area contributed by atoms with E-state index in [2.05, 4.69) is 25.9 Å². The van der Waals surface area contributed by atoms with Gasteiger partial charge in [0, 0.05) is 37.8 Å². The maximum Gasteiger partial charge on any atom is 0.338 e. The van der Waals surface area contributed by atoms with Crippen molar-refractivity contribution in [1.82, 2.24) is 15.3 Å². The summed E-state index contributed by atoms with van der Waals surface area (Å²) in [6.45, 7) is 0.932. The van der Waals surface area contributed by atoms with Gasteiger partial charge in [-0.3, -0.25) is 14.6 Å². The summed E-state index contributed by atoms with van der Waals surface area (Å²) < 4.78 is 13.4. The zero-order chi connectivity index (χ0) is 25.0. The van der Waals surface area contributed by atoms with Gasteiger partial charge in [0.15, 0.2) is 12.0 Å². The Hall–Kier alpha value is -4.36.